The van der Waals surface area contributed by atoms with E-state index in [4.69, 9.17) is 0 Å². The van der Waals surface area contributed by atoms with Crippen LogP contribution in [0.3, 0.4) is 0 Å². The molecule has 3 rings (SSSR count). The van der Waals surface area contributed by atoms with Gasteiger partial charge in [0.25, 0.3) is 0 Å². The molecule has 0 amide bonds. The van der Waals surface area contributed by atoms with E-state index in [0.29, 0.717) is 5.41 Å². The maximum atomic E-state index is 2.42. The van der Waals surface area contributed by atoms with Gasteiger partial charge in [0.1, 0.15) is 0 Å². The van der Waals surface area contributed by atoms with Crippen molar-refractivity contribution >= 4 is 16.9 Å². The molecule has 0 aliphatic heterocycles. The summed E-state index contributed by atoms with van der Waals surface area (Å²) in [6, 6.07) is 13.2. The minimum absolute atomic E-state index is 0.299. The smallest absolute Gasteiger partial charge is 0.0351 e. The highest BCUT2D eigenvalue weighted by Gasteiger charge is 2.27. The number of benzene rings is 1. The van der Waals surface area contributed by atoms with Crippen LogP contribution in [-0.4, -0.2) is 0 Å². The number of allylic oxidation sites excluding steroid dienone is 2. The van der Waals surface area contributed by atoms with Gasteiger partial charge in [-0.3, -0.25) is 0 Å². The average Bonchev–Trinajstić information content (AvgIpc) is 3.05. The van der Waals surface area contributed by atoms with Gasteiger partial charge < -0.3 is 0 Å². The number of hydrogen-bond acceptors (Lipinski definition) is 1. The van der Waals surface area contributed by atoms with Crippen LogP contribution in [0.1, 0.15) is 50.5 Å². The van der Waals surface area contributed by atoms with Gasteiger partial charge in [0.2, 0.25) is 0 Å². The van der Waals surface area contributed by atoms with E-state index in [1.165, 1.54) is 40.1 Å². The fourth-order valence-corrected chi connectivity index (χ4v) is 4.45. The first-order valence-corrected chi connectivity index (χ1v) is 8.67. The number of rotatable bonds is 2. The van der Waals surface area contributed by atoms with Gasteiger partial charge in [-0.2, -0.15) is 0 Å². The molecule has 1 heteroatoms. The van der Waals surface area contributed by atoms with Crippen LogP contribution in [0.15, 0.2) is 42.0 Å². The highest BCUT2D eigenvalue weighted by Crippen LogP contribution is 2.46. The zero-order chi connectivity index (χ0) is 15.0. The van der Waals surface area contributed by atoms with Gasteiger partial charge in [0.05, 0.1) is 0 Å². The summed E-state index contributed by atoms with van der Waals surface area (Å²) < 4.78 is 0. The van der Waals surface area contributed by atoms with Crippen molar-refractivity contribution in [1.29, 1.82) is 0 Å². The molecule has 0 bridgehead atoms. The van der Waals surface area contributed by atoms with E-state index >= 15 is 0 Å². The SMILES string of the molecule is Cc1sc(-c2ccccc2)cc1C1=C(C(C)(C)C)CCC1. The lowest BCUT2D eigenvalue weighted by Gasteiger charge is -2.23. The summed E-state index contributed by atoms with van der Waals surface area (Å²) in [4.78, 5) is 2.86. The quantitative estimate of drug-likeness (QED) is 0.578. The molecule has 1 aromatic carbocycles. The monoisotopic (exact) mass is 296 g/mol. The number of hydrogen-bond donors (Lipinski definition) is 0. The third-order valence-electron chi connectivity index (χ3n) is 4.42. The van der Waals surface area contributed by atoms with Crippen LogP contribution in [0.4, 0.5) is 0 Å². The van der Waals surface area contributed by atoms with Gasteiger partial charge in [0, 0.05) is 9.75 Å². The molecule has 0 spiro atoms. The largest absolute Gasteiger partial charge is 0.140 e. The lowest BCUT2D eigenvalue weighted by Crippen LogP contribution is -2.08. The first-order chi connectivity index (χ1) is 9.97. The standard InChI is InChI=1S/C20H24S/c1-14-17(16-11-8-12-18(16)20(2,3)4)13-19(21-14)15-9-6-5-7-10-15/h5-7,9-10,13H,8,11-12H2,1-4H3. The molecule has 0 atom stereocenters. The van der Waals surface area contributed by atoms with Gasteiger partial charge in [-0.05, 0) is 54.4 Å². The van der Waals surface area contributed by atoms with Crippen molar-refractivity contribution in [3.8, 4) is 10.4 Å². The summed E-state index contributed by atoms with van der Waals surface area (Å²) in [6.07, 6.45) is 3.84. The zero-order valence-electron chi connectivity index (χ0n) is 13.5. The lowest BCUT2D eigenvalue weighted by molar-refractivity contribution is 0.491. The van der Waals surface area contributed by atoms with Crippen LogP contribution < -0.4 is 0 Å². The van der Waals surface area contributed by atoms with E-state index in [2.05, 4.69) is 64.1 Å². The van der Waals surface area contributed by atoms with E-state index in [-0.39, 0.29) is 0 Å². The molecular formula is C20H24S. The summed E-state index contributed by atoms with van der Waals surface area (Å²) in [6.45, 7) is 9.34. The molecule has 1 aliphatic carbocycles. The van der Waals surface area contributed by atoms with Crippen molar-refractivity contribution in [1.82, 2.24) is 0 Å². The molecule has 0 fully saturated rings. The van der Waals surface area contributed by atoms with Crippen LogP contribution in [0, 0.1) is 12.3 Å². The predicted molar refractivity (Wildman–Crippen MR) is 94.7 cm³/mol. The molecule has 0 radical (unpaired) electrons. The Labute approximate surface area is 132 Å². The van der Waals surface area contributed by atoms with Crippen molar-refractivity contribution < 1.29 is 0 Å². The van der Waals surface area contributed by atoms with Gasteiger partial charge in [0.15, 0.2) is 0 Å². The topological polar surface area (TPSA) is 0 Å². The number of thiophene rings is 1. The fraction of sp³-hybridized carbons (Fsp3) is 0.400. The maximum Gasteiger partial charge on any atom is 0.0351 e. The van der Waals surface area contributed by atoms with Crippen molar-refractivity contribution in [2.45, 2.75) is 47.0 Å². The van der Waals surface area contributed by atoms with Crippen LogP contribution in [0.25, 0.3) is 16.0 Å². The molecule has 1 heterocycles. The van der Waals surface area contributed by atoms with Gasteiger partial charge in [-0.1, -0.05) is 56.7 Å². The van der Waals surface area contributed by atoms with E-state index < -0.39 is 0 Å². The predicted octanol–water partition coefficient (Wildman–Crippen LogP) is 6.71. The summed E-state index contributed by atoms with van der Waals surface area (Å²) >= 11 is 1.93. The molecule has 2 aromatic rings. The summed E-state index contributed by atoms with van der Waals surface area (Å²) in [5, 5.41) is 0. The summed E-state index contributed by atoms with van der Waals surface area (Å²) in [5.74, 6) is 0. The second-order valence-electron chi connectivity index (χ2n) is 7.01. The van der Waals surface area contributed by atoms with Crippen molar-refractivity contribution in [2.75, 3.05) is 0 Å². The highest BCUT2D eigenvalue weighted by molar-refractivity contribution is 7.15. The zero-order valence-corrected chi connectivity index (χ0v) is 14.3. The maximum absolute atomic E-state index is 2.42. The fourth-order valence-electron chi connectivity index (χ4n) is 3.39. The van der Waals surface area contributed by atoms with Crippen molar-refractivity contribution in [3.63, 3.8) is 0 Å². The summed E-state index contributed by atoms with van der Waals surface area (Å²) in [7, 11) is 0. The normalized spacial score (nSPS) is 15.8. The van der Waals surface area contributed by atoms with Crippen LogP contribution in [0.5, 0.6) is 0 Å². The van der Waals surface area contributed by atoms with Crippen molar-refractivity contribution in [3.05, 3.63) is 52.4 Å². The van der Waals surface area contributed by atoms with Crippen LogP contribution >= 0.6 is 11.3 Å². The minimum Gasteiger partial charge on any atom is -0.140 e. The molecular weight excluding hydrogens is 272 g/mol. The van der Waals surface area contributed by atoms with Gasteiger partial charge >= 0.3 is 0 Å². The highest BCUT2D eigenvalue weighted by atomic mass is 32.1. The third kappa shape index (κ3) is 2.85. The van der Waals surface area contributed by atoms with Gasteiger partial charge in [-0.15, -0.1) is 11.3 Å². The molecule has 21 heavy (non-hydrogen) atoms. The second-order valence-corrected chi connectivity index (χ2v) is 8.26. The van der Waals surface area contributed by atoms with Crippen molar-refractivity contribution in [2.24, 2.45) is 5.41 Å². The van der Waals surface area contributed by atoms with E-state index in [1.54, 1.807) is 11.1 Å². The Morgan fingerprint density at radius 3 is 2.38 bits per heavy atom. The average molecular weight is 296 g/mol. The first-order valence-electron chi connectivity index (χ1n) is 7.85. The minimum atomic E-state index is 0.299. The Kier molecular flexibility index (Phi) is 3.79. The second kappa shape index (κ2) is 5.46. The Morgan fingerprint density at radius 1 is 1.00 bits per heavy atom. The van der Waals surface area contributed by atoms with Gasteiger partial charge in [-0.25, -0.2) is 0 Å². The Balaban J connectivity index is 2.06. The van der Waals surface area contributed by atoms with Crippen LogP contribution in [-0.2, 0) is 0 Å². The molecule has 1 aliphatic rings. The first kappa shape index (κ1) is 14.6. The van der Waals surface area contributed by atoms with Crippen LogP contribution in [0.2, 0.25) is 0 Å². The molecule has 110 valence electrons. The molecule has 0 nitrogen and oxygen atoms in total. The molecule has 0 unspecified atom stereocenters. The summed E-state index contributed by atoms with van der Waals surface area (Å²) in [5.41, 5.74) is 6.43. The van der Waals surface area contributed by atoms with E-state index in [1.807, 2.05) is 11.3 Å². The Bertz CT molecular complexity index is 666. The van der Waals surface area contributed by atoms with E-state index in [0.717, 1.165) is 0 Å². The molecule has 0 saturated carbocycles. The molecule has 1 aromatic heterocycles. The lowest BCUT2D eigenvalue weighted by atomic mass is 9.82. The molecule has 0 saturated heterocycles. The third-order valence-corrected chi connectivity index (χ3v) is 5.52. The van der Waals surface area contributed by atoms with E-state index in [9.17, 15) is 0 Å². The number of aryl methyl sites for hydroxylation is 1. The Hall–Kier alpha value is -1.34. The molecule has 0 N–H and O–H groups in total. The Morgan fingerprint density at radius 2 is 1.71 bits per heavy atom.